The fraction of sp³-hybridized carbons (Fsp3) is 0.667. The van der Waals surface area contributed by atoms with E-state index in [1.165, 1.54) is 0 Å². The van der Waals surface area contributed by atoms with Gasteiger partial charge in [-0.1, -0.05) is 22.9 Å². The summed E-state index contributed by atoms with van der Waals surface area (Å²) in [6.45, 7) is 4.37. The van der Waals surface area contributed by atoms with Gasteiger partial charge in [0.05, 0.1) is 0 Å². The van der Waals surface area contributed by atoms with E-state index in [1.807, 2.05) is 17.8 Å². The molecule has 2 unspecified atom stereocenters. The quantitative estimate of drug-likeness (QED) is 0.826. The highest BCUT2D eigenvalue weighted by molar-refractivity contribution is 9.09. The first-order chi connectivity index (χ1) is 6.15. The van der Waals surface area contributed by atoms with Crippen LogP contribution in [-0.2, 0) is 7.05 Å². The van der Waals surface area contributed by atoms with Crippen LogP contribution in [0.15, 0.2) is 12.4 Å². The van der Waals surface area contributed by atoms with Gasteiger partial charge in [0.25, 0.3) is 0 Å². The highest BCUT2D eigenvalue weighted by Gasteiger charge is 2.11. The van der Waals surface area contributed by atoms with E-state index in [1.54, 1.807) is 6.20 Å². The monoisotopic (exact) mass is 245 g/mol. The summed E-state index contributed by atoms with van der Waals surface area (Å²) in [7, 11) is 1.99. The maximum atomic E-state index is 4.21. The van der Waals surface area contributed by atoms with Crippen LogP contribution in [0.5, 0.6) is 0 Å². The second-order valence-electron chi connectivity index (χ2n) is 3.43. The molecule has 0 saturated heterocycles. The van der Waals surface area contributed by atoms with Crippen LogP contribution in [0.2, 0.25) is 0 Å². The van der Waals surface area contributed by atoms with Gasteiger partial charge in [-0.3, -0.25) is 0 Å². The van der Waals surface area contributed by atoms with Gasteiger partial charge in [0.15, 0.2) is 0 Å². The molecule has 0 fully saturated rings. The van der Waals surface area contributed by atoms with Crippen molar-refractivity contribution in [1.82, 2.24) is 9.55 Å². The normalized spacial score (nSPS) is 15.4. The number of nitrogens with one attached hydrogen (secondary N) is 1. The molecule has 1 N–H and O–H groups in total. The van der Waals surface area contributed by atoms with E-state index in [0.29, 0.717) is 12.0 Å². The molecule has 0 aromatic carbocycles. The van der Waals surface area contributed by atoms with E-state index in [4.69, 9.17) is 0 Å². The number of hydrogen-bond donors (Lipinski definition) is 1. The first kappa shape index (κ1) is 10.6. The maximum absolute atomic E-state index is 4.21. The summed E-state index contributed by atoms with van der Waals surface area (Å²) in [5, 5.41) is 4.37. The van der Waals surface area contributed by atoms with Crippen LogP contribution in [0.1, 0.15) is 13.8 Å². The molecule has 0 aliphatic heterocycles. The number of aromatic nitrogens is 2. The zero-order chi connectivity index (χ0) is 9.84. The van der Waals surface area contributed by atoms with Crippen molar-refractivity contribution in [2.24, 2.45) is 13.0 Å². The minimum absolute atomic E-state index is 0.431. The van der Waals surface area contributed by atoms with Crippen molar-refractivity contribution in [3.8, 4) is 0 Å². The fourth-order valence-electron chi connectivity index (χ4n) is 0.984. The number of imidazole rings is 1. The minimum atomic E-state index is 0.431. The second-order valence-corrected chi connectivity index (χ2v) is 4.07. The summed E-state index contributed by atoms with van der Waals surface area (Å²) in [6.07, 6.45) is 3.74. The molecule has 0 amide bonds. The summed E-state index contributed by atoms with van der Waals surface area (Å²) in [4.78, 5) is 4.21. The van der Waals surface area contributed by atoms with Crippen molar-refractivity contribution in [3.05, 3.63) is 12.4 Å². The van der Waals surface area contributed by atoms with Gasteiger partial charge in [0.2, 0.25) is 5.95 Å². The Bertz CT molecular complexity index is 259. The SMILES string of the molecule is CC(CBr)C(C)Nc1nccn1C. The Hall–Kier alpha value is -0.510. The minimum Gasteiger partial charge on any atom is -0.353 e. The lowest BCUT2D eigenvalue weighted by molar-refractivity contribution is 0.566. The number of rotatable bonds is 4. The summed E-state index contributed by atoms with van der Waals surface area (Å²) in [5.41, 5.74) is 0. The average molecular weight is 246 g/mol. The van der Waals surface area contributed by atoms with Gasteiger partial charge < -0.3 is 9.88 Å². The molecule has 0 bridgehead atoms. The standard InChI is InChI=1S/C9H16BrN3/c1-7(6-10)8(2)12-9-11-4-5-13(9)3/h4-5,7-8H,6H2,1-3H3,(H,11,12). The molecule has 3 nitrogen and oxygen atoms in total. The summed E-state index contributed by atoms with van der Waals surface area (Å²) in [5.74, 6) is 1.53. The van der Waals surface area contributed by atoms with E-state index in [0.717, 1.165) is 11.3 Å². The van der Waals surface area contributed by atoms with Crippen LogP contribution in [0, 0.1) is 5.92 Å². The summed E-state index contributed by atoms with van der Waals surface area (Å²) >= 11 is 3.47. The first-order valence-electron chi connectivity index (χ1n) is 4.45. The Labute approximate surface area is 87.7 Å². The van der Waals surface area contributed by atoms with Crippen LogP contribution in [0.3, 0.4) is 0 Å². The van der Waals surface area contributed by atoms with E-state index < -0.39 is 0 Å². The number of hydrogen-bond acceptors (Lipinski definition) is 2. The third kappa shape index (κ3) is 2.72. The molecule has 0 saturated carbocycles. The number of aryl methyl sites for hydroxylation is 1. The molecule has 13 heavy (non-hydrogen) atoms. The van der Waals surface area contributed by atoms with E-state index >= 15 is 0 Å². The lowest BCUT2D eigenvalue weighted by Gasteiger charge is -2.19. The molecule has 4 heteroatoms. The Morgan fingerprint density at radius 3 is 2.77 bits per heavy atom. The summed E-state index contributed by atoms with van der Waals surface area (Å²) < 4.78 is 1.98. The second kappa shape index (κ2) is 4.65. The van der Waals surface area contributed by atoms with Crippen LogP contribution < -0.4 is 5.32 Å². The fourth-order valence-corrected chi connectivity index (χ4v) is 1.54. The van der Waals surface area contributed by atoms with E-state index in [2.05, 4.69) is 40.1 Å². The number of alkyl halides is 1. The van der Waals surface area contributed by atoms with Crippen molar-refractivity contribution in [1.29, 1.82) is 0 Å². The van der Waals surface area contributed by atoms with Crippen LogP contribution >= 0.6 is 15.9 Å². The topological polar surface area (TPSA) is 29.9 Å². The Kier molecular flexibility index (Phi) is 3.78. The zero-order valence-electron chi connectivity index (χ0n) is 8.29. The van der Waals surface area contributed by atoms with Crippen LogP contribution in [0.4, 0.5) is 5.95 Å². The Morgan fingerprint density at radius 2 is 2.31 bits per heavy atom. The average Bonchev–Trinajstić information content (AvgIpc) is 2.50. The molecule has 74 valence electrons. The first-order valence-corrected chi connectivity index (χ1v) is 5.57. The molecule has 0 radical (unpaired) electrons. The molecule has 1 rings (SSSR count). The molecule has 1 aromatic heterocycles. The van der Waals surface area contributed by atoms with Gasteiger partial charge in [-0.2, -0.15) is 0 Å². The predicted molar refractivity (Wildman–Crippen MR) is 59.3 cm³/mol. The van der Waals surface area contributed by atoms with Gasteiger partial charge in [-0.25, -0.2) is 4.98 Å². The molecule has 0 aliphatic rings. The molecule has 1 heterocycles. The Balaban J connectivity index is 2.54. The summed E-state index contributed by atoms with van der Waals surface area (Å²) in [6, 6.07) is 0.431. The van der Waals surface area contributed by atoms with Gasteiger partial charge >= 0.3 is 0 Å². The van der Waals surface area contributed by atoms with Crippen LogP contribution in [0.25, 0.3) is 0 Å². The predicted octanol–water partition coefficient (Wildman–Crippen LogP) is 2.25. The molecule has 1 aromatic rings. The van der Waals surface area contributed by atoms with E-state index in [-0.39, 0.29) is 0 Å². The molecule has 0 aliphatic carbocycles. The molecular formula is C9H16BrN3. The molecule has 0 spiro atoms. The van der Waals surface area contributed by atoms with Gasteiger partial charge in [0, 0.05) is 30.8 Å². The van der Waals surface area contributed by atoms with Gasteiger partial charge in [-0.15, -0.1) is 0 Å². The lowest BCUT2D eigenvalue weighted by Crippen LogP contribution is -2.26. The van der Waals surface area contributed by atoms with Crippen molar-refractivity contribution < 1.29 is 0 Å². The van der Waals surface area contributed by atoms with Crippen molar-refractivity contribution >= 4 is 21.9 Å². The largest absolute Gasteiger partial charge is 0.353 e. The number of anilines is 1. The number of nitrogens with zero attached hydrogens (tertiary/aromatic N) is 2. The highest BCUT2D eigenvalue weighted by Crippen LogP contribution is 2.11. The smallest absolute Gasteiger partial charge is 0.202 e. The zero-order valence-corrected chi connectivity index (χ0v) is 9.87. The number of halogens is 1. The maximum Gasteiger partial charge on any atom is 0.202 e. The van der Waals surface area contributed by atoms with Crippen LogP contribution in [-0.4, -0.2) is 20.9 Å². The molecule has 2 atom stereocenters. The van der Waals surface area contributed by atoms with Crippen molar-refractivity contribution in [2.75, 3.05) is 10.6 Å². The van der Waals surface area contributed by atoms with Crippen molar-refractivity contribution in [3.63, 3.8) is 0 Å². The van der Waals surface area contributed by atoms with Gasteiger partial charge in [0.1, 0.15) is 0 Å². The van der Waals surface area contributed by atoms with E-state index in [9.17, 15) is 0 Å². The van der Waals surface area contributed by atoms with Gasteiger partial charge in [-0.05, 0) is 12.8 Å². The molecular weight excluding hydrogens is 230 g/mol. The third-order valence-electron chi connectivity index (χ3n) is 2.27. The third-order valence-corrected chi connectivity index (χ3v) is 3.30. The lowest BCUT2D eigenvalue weighted by atomic mass is 10.1. The van der Waals surface area contributed by atoms with Crippen molar-refractivity contribution in [2.45, 2.75) is 19.9 Å². The Morgan fingerprint density at radius 1 is 1.62 bits per heavy atom. The highest BCUT2D eigenvalue weighted by atomic mass is 79.9.